The average Bonchev–Trinajstić information content (AvgIpc) is 2.52. The monoisotopic (exact) mass is 356 g/mol. The lowest BCUT2D eigenvalue weighted by Crippen LogP contribution is -2.28. The Labute approximate surface area is 130 Å². The van der Waals surface area contributed by atoms with E-state index in [1.807, 2.05) is 0 Å². The number of hydrogen-bond donors (Lipinski definition) is 2. The summed E-state index contributed by atoms with van der Waals surface area (Å²) in [4.78, 5) is 23.3. The Morgan fingerprint density at radius 3 is 3.10 bits per heavy atom. The van der Waals surface area contributed by atoms with Crippen molar-refractivity contribution in [1.82, 2.24) is 15.1 Å². The van der Waals surface area contributed by atoms with Crippen molar-refractivity contribution >= 4 is 27.6 Å². The van der Waals surface area contributed by atoms with E-state index in [9.17, 15) is 9.59 Å². The quantitative estimate of drug-likeness (QED) is 0.590. The number of esters is 1. The first-order valence-corrected chi connectivity index (χ1v) is 7.36. The molecular formula is C13H17BrN4O3. The summed E-state index contributed by atoms with van der Waals surface area (Å²) in [6, 6.07) is 0. The number of methoxy groups -OCH3 is 1. The molecule has 0 aromatic carbocycles. The number of halogens is 1. The third kappa shape index (κ3) is 4.15. The number of hydrogen-bond acceptors (Lipinski definition) is 6. The average molecular weight is 357 g/mol. The molecule has 2 heterocycles. The lowest BCUT2D eigenvalue weighted by atomic mass is 10.1. The fourth-order valence-electron chi connectivity index (χ4n) is 1.93. The molecule has 0 radical (unpaired) electrons. The molecule has 0 fully saturated rings. The van der Waals surface area contributed by atoms with Gasteiger partial charge in [0.1, 0.15) is 11.0 Å². The maximum absolute atomic E-state index is 12.1. The van der Waals surface area contributed by atoms with Crippen molar-refractivity contribution in [2.45, 2.75) is 13.0 Å². The second-order valence-electron chi connectivity index (χ2n) is 4.58. The number of carbonyl (C=O) groups is 1. The summed E-state index contributed by atoms with van der Waals surface area (Å²) in [6.45, 7) is 2.30. The smallest absolute Gasteiger partial charge is 0.327 e. The molecule has 0 aliphatic carbocycles. The van der Waals surface area contributed by atoms with E-state index in [4.69, 9.17) is 0 Å². The zero-order chi connectivity index (χ0) is 15.2. The highest BCUT2D eigenvalue weighted by atomic mass is 79.9. The fourth-order valence-corrected chi connectivity index (χ4v) is 2.37. The summed E-state index contributed by atoms with van der Waals surface area (Å²) in [5.74, 6) is -0.517. The van der Waals surface area contributed by atoms with Crippen LogP contribution in [0.4, 0.5) is 5.69 Å². The summed E-state index contributed by atoms with van der Waals surface area (Å²) >= 11 is 3.25. The predicted molar refractivity (Wildman–Crippen MR) is 82.3 cm³/mol. The molecule has 0 atom stereocenters. The highest BCUT2D eigenvalue weighted by Gasteiger charge is 2.12. The van der Waals surface area contributed by atoms with Crippen LogP contribution in [0.3, 0.4) is 0 Å². The van der Waals surface area contributed by atoms with E-state index in [0.29, 0.717) is 16.7 Å². The second kappa shape index (κ2) is 7.37. The normalized spacial score (nSPS) is 14.5. The first kappa shape index (κ1) is 15.7. The molecule has 1 aromatic heterocycles. The van der Waals surface area contributed by atoms with Crippen molar-refractivity contribution in [3.63, 3.8) is 0 Å². The van der Waals surface area contributed by atoms with Crippen molar-refractivity contribution in [2.75, 3.05) is 32.1 Å². The third-order valence-electron chi connectivity index (χ3n) is 3.16. The van der Waals surface area contributed by atoms with Gasteiger partial charge in [0.05, 0.1) is 19.0 Å². The molecule has 0 saturated heterocycles. The van der Waals surface area contributed by atoms with Gasteiger partial charge in [0, 0.05) is 13.1 Å². The molecule has 8 heteroatoms. The number of nitrogens with zero attached hydrogens (tertiary/aromatic N) is 2. The molecule has 2 N–H and O–H groups in total. The van der Waals surface area contributed by atoms with Crippen LogP contribution in [0.2, 0.25) is 0 Å². The van der Waals surface area contributed by atoms with Gasteiger partial charge in [-0.2, -0.15) is 5.10 Å². The van der Waals surface area contributed by atoms with Crippen molar-refractivity contribution in [3.8, 4) is 0 Å². The molecular weight excluding hydrogens is 340 g/mol. The van der Waals surface area contributed by atoms with Gasteiger partial charge in [-0.05, 0) is 28.9 Å². The SMILES string of the molecule is COC(=O)Cn1ncc(NCC2=CCNCC2)c(Br)c1=O. The molecule has 7 nitrogen and oxygen atoms in total. The highest BCUT2D eigenvalue weighted by molar-refractivity contribution is 9.10. The molecule has 1 aliphatic heterocycles. The Bertz CT molecular complexity index is 612. The molecule has 0 amide bonds. The fraction of sp³-hybridized carbons (Fsp3) is 0.462. The van der Waals surface area contributed by atoms with E-state index >= 15 is 0 Å². The molecule has 1 aliphatic rings. The topological polar surface area (TPSA) is 85.2 Å². The van der Waals surface area contributed by atoms with Gasteiger partial charge in [-0.3, -0.25) is 9.59 Å². The number of anilines is 1. The largest absolute Gasteiger partial charge is 0.468 e. The Morgan fingerprint density at radius 1 is 1.62 bits per heavy atom. The molecule has 0 spiro atoms. The van der Waals surface area contributed by atoms with Crippen molar-refractivity contribution in [2.24, 2.45) is 0 Å². The second-order valence-corrected chi connectivity index (χ2v) is 5.37. The van der Waals surface area contributed by atoms with E-state index in [1.54, 1.807) is 0 Å². The van der Waals surface area contributed by atoms with Crippen LogP contribution in [0.1, 0.15) is 6.42 Å². The maximum atomic E-state index is 12.1. The minimum Gasteiger partial charge on any atom is -0.468 e. The summed E-state index contributed by atoms with van der Waals surface area (Å²) < 4.78 is 5.94. The van der Waals surface area contributed by atoms with Crippen LogP contribution in [0, 0.1) is 0 Å². The van der Waals surface area contributed by atoms with Crippen molar-refractivity contribution in [1.29, 1.82) is 0 Å². The van der Waals surface area contributed by atoms with Crippen LogP contribution in [0.5, 0.6) is 0 Å². The van der Waals surface area contributed by atoms with Crippen molar-refractivity contribution < 1.29 is 9.53 Å². The molecule has 0 unspecified atom stereocenters. The van der Waals surface area contributed by atoms with E-state index < -0.39 is 5.97 Å². The van der Waals surface area contributed by atoms with Gasteiger partial charge < -0.3 is 15.4 Å². The first-order chi connectivity index (χ1) is 10.1. The van der Waals surface area contributed by atoms with Gasteiger partial charge in [-0.1, -0.05) is 11.6 Å². The third-order valence-corrected chi connectivity index (χ3v) is 3.92. The van der Waals surface area contributed by atoms with E-state index in [0.717, 1.165) is 24.2 Å². The summed E-state index contributed by atoms with van der Waals surface area (Å²) in [7, 11) is 1.27. The van der Waals surface area contributed by atoms with Crippen molar-refractivity contribution in [3.05, 3.63) is 32.7 Å². The Hall–Kier alpha value is -1.67. The molecule has 21 heavy (non-hydrogen) atoms. The van der Waals surface area contributed by atoms with Gasteiger partial charge >= 0.3 is 5.97 Å². The van der Waals surface area contributed by atoms with Gasteiger partial charge in [-0.25, -0.2) is 4.68 Å². The number of nitrogens with one attached hydrogen (secondary N) is 2. The van der Waals surface area contributed by atoms with E-state index in [-0.39, 0.29) is 12.1 Å². The Balaban J connectivity index is 2.07. The van der Waals surface area contributed by atoms with Crippen LogP contribution in [0.25, 0.3) is 0 Å². The van der Waals surface area contributed by atoms with E-state index in [1.165, 1.54) is 18.9 Å². The van der Waals surface area contributed by atoms with Gasteiger partial charge in [-0.15, -0.1) is 0 Å². The Morgan fingerprint density at radius 2 is 2.43 bits per heavy atom. The standard InChI is InChI=1S/C13H17BrN4O3/c1-21-11(19)8-18-13(20)12(14)10(7-17-18)16-6-9-2-4-15-5-3-9/h2,7,15-16H,3-6,8H2,1H3. The summed E-state index contributed by atoms with van der Waals surface area (Å²) in [5.41, 5.74) is 1.53. The lowest BCUT2D eigenvalue weighted by Gasteiger charge is -2.16. The van der Waals surface area contributed by atoms with Crippen LogP contribution >= 0.6 is 15.9 Å². The maximum Gasteiger partial charge on any atom is 0.327 e. The Kier molecular flexibility index (Phi) is 5.51. The zero-order valence-corrected chi connectivity index (χ0v) is 13.3. The van der Waals surface area contributed by atoms with Gasteiger partial charge in [0.25, 0.3) is 5.56 Å². The molecule has 0 saturated carbocycles. The van der Waals surface area contributed by atoms with Gasteiger partial charge in [0.15, 0.2) is 0 Å². The number of carbonyl (C=O) groups excluding carboxylic acids is 1. The first-order valence-electron chi connectivity index (χ1n) is 6.56. The summed E-state index contributed by atoms with van der Waals surface area (Å²) in [5, 5.41) is 10.4. The highest BCUT2D eigenvalue weighted by Crippen LogP contribution is 2.17. The minimum atomic E-state index is -0.517. The zero-order valence-electron chi connectivity index (χ0n) is 11.7. The molecule has 1 aromatic rings. The molecule has 114 valence electrons. The minimum absolute atomic E-state index is 0.203. The molecule has 2 rings (SSSR count). The van der Waals surface area contributed by atoms with Crippen LogP contribution in [0.15, 0.2) is 27.1 Å². The number of aromatic nitrogens is 2. The van der Waals surface area contributed by atoms with Crippen LogP contribution < -0.4 is 16.2 Å². The van der Waals surface area contributed by atoms with E-state index in [2.05, 4.69) is 42.5 Å². The predicted octanol–water partition coefficient (Wildman–Crippen LogP) is 0.510. The summed E-state index contributed by atoms with van der Waals surface area (Å²) in [6.07, 6.45) is 4.64. The number of ether oxygens (including phenoxy) is 1. The number of rotatable bonds is 5. The van der Waals surface area contributed by atoms with Crippen LogP contribution in [-0.4, -0.2) is 42.5 Å². The van der Waals surface area contributed by atoms with Gasteiger partial charge in [0.2, 0.25) is 0 Å². The van der Waals surface area contributed by atoms with Crippen LogP contribution in [-0.2, 0) is 16.1 Å². The molecule has 0 bridgehead atoms. The lowest BCUT2D eigenvalue weighted by molar-refractivity contribution is -0.141.